The summed E-state index contributed by atoms with van der Waals surface area (Å²) in [4.78, 5) is 0. The second kappa shape index (κ2) is 15.9. The molecule has 0 N–H and O–H groups in total. The average molecular weight is 139 g/mol. The largest absolute Gasteiger partial charge is 2.00 e. The number of rotatable bonds is 1. The zero-order chi connectivity index (χ0) is 6.99. The molecule has 0 saturated heterocycles. The Labute approximate surface area is 76.6 Å². The zero-order valence-electron chi connectivity index (χ0n) is 7.49. The predicted octanol–water partition coefficient (Wildman–Crippen LogP) is 2.86. The van der Waals surface area contributed by atoms with Gasteiger partial charge in [-0.15, -0.1) is 0 Å². The van der Waals surface area contributed by atoms with Crippen LogP contribution in [-0.4, -0.2) is 23.1 Å². The first-order chi connectivity index (χ1) is 3.65. The quantitative estimate of drug-likeness (QED) is 0.386. The molecule has 0 aliphatic heterocycles. The molecule has 0 aromatic heterocycles. The third kappa shape index (κ3) is 129. The maximum absolute atomic E-state index is 2.12. The minimum absolute atomic E-state index is 0. The Morgan fingerprint density at radius 3 is 1.33 bits per heavy atom. The normalized spacial score (nSPS) is 7.33. The van der Waals surface area contributed by atoms with Gasteiger partial charge < -0.3 is 12.3 Å². The summed E-state index contributed by atoms with van der Waals surface area (Å²) in [5.41, 5.74) is 0. The Bertz CT molecular complexity index is 21.0. The van der Waals surface area contributed by atoms with E-state index in [-0.39, 0.29) is 23.1 Å². The number of hydrogen-bond donors (Lipinski definition) is 0. The SMILES string of the molecule is C[C-](C)C.C[CH-]CC.[Mg+2]. The van der Waals surface area contributed by atoms with Gasteiger partial charge in [-0.05, 0) is 0 Å². The molecule has 0 bridgehead atoms. The van der Waals surface area contributed by atoms with Crippen molar-refractivity contribution in [3.8, 4) is 0 Å². The van der Waals surface area contributed by atoms with Crippen molar-refractivity contribution in [2.45, 2.75) is 41.0 Å². The first-order valence-corrected chi connectivity index (χ1v) is 3.19. The third-order valence-electron chi connectivity index (χ3n) is 0.408. The minimum Gasteiger partial charge on any atom is -0.332 e. The second-order valence-electron chi connectivity index (χ2n) is 2.32. The monoisotopic (exact) mass is 138 g/mol. The molecule has 0 rings (SSSR count). The Kier molecular flexibility index (Phi) is 29.0. The summed E-state index contributed by atoms with van der Waals surface area (Å²) in [7, 11) is 0. The molecule has 0 spiro atoms. The van der Waals surface area contributed by atoms with E-state index in [9.17, 15) is 0 Å². The van der Waals surface area contributed by atoms with Crippen molar-refractivity contribution < 1.29 is 0 Å². The van der Waals surface area contributed by atoms with Crippen LogP contribution in [0.3, 0.4) is 0 Å². The van der Waals surface area contributed by atoms with E-state index in [0.717, 1.165) is 0 Å². The Morgan fingerprint density at radius 1 is 1.22 bits per heavy atom. The Balaban J connectivity index is -0.0000000720. The average Bonchev–Trinajstić information content (AvgIpc) is 1.65. The van der Waals surface area contributed by atoms with Gasteiger partial charge in [0.25, 0.3) is 0 Å². The summed E-state index contributed by atoms with van der Waals surface area (Å²) in [5.74, 6) is 1.42. The molecule has 52 valence electrons. The van der Waals surface area contributed by atoms with Crippen LogP contribution in [0.25, 0.3) is 0 Å². The van der Waals surface area contributed by atoms with E-state index in [4.69, 9.17) is 0 Å². The van der Waals surface area contributed by atoms with Gasteiger partial charge in [-0.1, -0.05) is 6.92 Å². The topological polar surface area (TPSA) is 0 Å². The van der Waals surface area contributed by atoms with Crippen molar-refractivity contribution in [2.75, 3.05) is 0 Å². The van der Waals surface area contributed by atoms with Crippen molar-refractivity contribution in [1.29, 1.82) is 0 Å². The van der Waals surface area contributed by atoms with Gasteiger partial charge >= 0.3 is 23.1 Å². The fraction of sp³-hybridized carbons (Fsp3) is 0.750. The van der Waals surface area contributed by atoms with Gasteiger partial charge in [0.15, 0.2) is 0 Å². The first kappa shape index (κ1) is 16.4. The summed E-state index contributed by atoms with van der Waals surface area (Å²) in [6, 6.07) is 0. The number of hydrogen-bond acceptors (Lipinski definition) is 0. The maximum atomic E-state index is 2.12. The van der Waals surface area contributed by atoms with E-state index < -0.39 is 0 Å². The van der Waals surface area contributed by atoms with E-state index in [1.54, 1.807) is 0 Å². The van der Waals surface area contributed by atoms with Gasteiger partial charge in [0.1, 0.15) is 0 Å². The van der Waals surface area contributed by atoms with Crippen LogP contribution in [0.2, 0.25) is 0 Å². The van der Waals surface area contributed by atoms with Gasteiger partial charge in [-0.25, -0.2) is 0 Å². The zero-order valence-corrected chi connectivity index (χ0v) is 8.91. The van der Waals surface area contributed by atoms with Crippen LogP contribution < -0.4 is 0 Å². The Hall–Kier alpha value is 0.766. The van der Waals surface area contributed by atoms with E-state index >= 15 is 0 Å². The molecular weight excluding hydrogens is 120 g/mol. The fourth-order valence-corrected chi connectivity index (χ4v) is 0. The van der Waals surface area contributed by atoms with Crippen LogP contribution in [0.5, 0.6) is 0 Å². The molecule has 0 fully saturated rings. The van der Waals surface area contributed by atoms with Crippen LogP contribution >= 0.6 is 0 Å². The molecule has 0 saturated carbocycles. The summed E-state index contributed by atoms with van der Waals surface area (Å²) in [6.07, 6.45) is 3.32. The Morgan fingerprint density at radius 2 is 1.33 bits per heavy atom. The molecule has 0 aliphatic rings. The molecule has 9 heavy (non-hydrogen) atoms. The summed E-state index contributed by atoms with van der Waals surface area (Å²) in [5, 5.41) is 0. The van der Waals surface area contributed by atoms with Crippen LogP contribution in [0.4, 0.5) is 0 Å². The smallest absolute Gasteiger partial charge is 0.332 e. The summed E-state index contributed by atoms with van der Waals surface area (Å²) < 4.78 is 0. The van der Waals surface area contributed by atoms with E-state index in [2.05, 4.69) is 41.0 Å². The van der Waals surface area contributed by atoms with Gasteiger partial charge in [0.2, 0.25) is 0 Å². The minimum atomic E-state index is 0. The molecule has 0 atom stereocenters. The summed E-state index contributed by atoms with van der Waals surface area (Å²) >= 11 is 0. The number of unbranched alkanes of at least 4 members (excludes halogenated alkanes) is 1. The van der Waals surface area contributed by atoms with Crippen LogP contribution in [0.15, 0.2) is 0 Å². The van der Waals surface area contributed by atoms with Crippen molar-refractivity contribution >= 4 is 23.1 Å². The van der Waals surface area contributed by atoms with Crippen LogP contribution in [-0.2, 0) is 0 Å². The third-order valence-corrected chi connectivity index (χ3v) is 0.408. The van der Waals surface area contributed by atoms with Gasteiger partial charge in [-0.3, -0.25) is 0 Å². The van der Waals surface area contributed by atoms with Gasteiger partial charge in [0.05, 0.1) is 0 Å². The van der Waals surface area contributed by atoms with Crippen LogP contribution in [0.1, 0.15) is 41.0 Å². The molecule has 0 aliphatic carbocycles. The molecule has 0 heterocycles. The first-order valence-electron chi connectivity index (χ1n) is 3.19. The second-order valence-corrected chi connectivity index (χ2v) is 2.32. The molecule has 1 heteroatoms. The standard InChI is InChI=1S/2C4H9.Mg/c1-4(2)3;1-3-4-2;/h1-3H3;3H,4H2,1-2H3;/q2*-1;+2. The molecular formula is C8H18Mg. The molecule has 0 nitrogen and oxygen atoms in total. The fourth-order valence-electron chi connectivity index (χ4n) is 0. The van der Waals surface area contributed by atoms with Crippen molar-refractivity contribution in [3.63, 3.8) is 0 Å². The molecule has 0 radical (unpaired) electrons. The van der Waals surface area contributed by atoms with E-state index in [1.807, 2.05) is 0 Å². The van der Waals surface area contributed by atoms with Crippen molar-refractivity contribution in [1.82, 2.24) is 0 Å². The van der Waals surface area contributed by atoms with Crippen molar-refractivity contribution in [3.05, 3.63) is 12.3 Å². The van der Waals surface area contributed by atoms with E-state index in [1.165, 1.54) is 12.3 Å². The van der Waals surface area contributed by atoms with Gasteiger partial charge in [-0.2, -0.15) is 34.1 Å². The molecule has 0 aromatic carbocycles. The van der Waals surface area contributed by atoms with Crippen molar-refractivity contribution in [2.24, 2.45) is 0 Å². The van der Waals surface area contributed by atoms with E-state index in [0.29, 0.717) is 0 Å². The molecule has 0 unspecified atom stereocenters. The molecule has 0 aromatic rings. The van der Waals surface area contributed by atoms with Gasteiger partial charge in [0, 0.05) is 0 Å². The molecule has 0 amide bonds. The summed E-state index contributed by atoms with van der Waals surface area (Å²) in [6.45, 7) is 10.4. The van der Waals surface area contributed by atoms with Crippen LogP contribution in [0, 0.1) is 12.3 Å². The maximum Gasteiger partial charge on any atom is 2.00 e. The predicted molar refractivity (Wildman–Crippen MR) is 46.3 cm³/mol.